The van der Waals surface area contributed by atoms with Crippen LogP contribution in [0.1, 0.15) is 19.4 Å². The number of hydrogen-bond donors (Lipinski definition) is 1. The zero-order valence-electron chi connectivity index (χ0n) is 16.4. The molecule has 0 amide bonds. The number of hydrogen-bond acceptors (Lipinski definition) is 7. The van der Waals surface area contributed by atoms with Crippen LogP contribution in [-0.4, -0.2) is 32.2 Å². The summed E-state index contributed by atoms with van der Waals surface area (Å²) in [6.07, 6.45) is 3.30. The lowest BCUT2D eigenvalue weighted by molar-refractivity contribution is -0.296. The maximum Gasteiger partial charge on any atom is 0.204 e. The highest BCUT2D eigenvalue weighted by Crippen LogP contribution is 2.38. The first-order valence-corrected chi connectivity index (χ1v) is 8.57. The number of methoxy groups -OCH3 is 3. The number of rotatable bonds is 6. The van der Waals surface area contributed by atoms with Gasteiger partial charge in [0.2, 0.25) is 5.43 Å². The van der Waals surface area contributed by atoms with Crippen LogP contribution in [0.5, 0.6) is 17.2 Å². The molecule has 7 heteroatoms. The van der Waals surface area contributed by atoms with Gasteiger partial charge in [0.25, 0.3) is 0 Å². The summed E-state index contributed by atoms with van der Waals surface area (Å²) in [5.74, 6) is 1.21. The van der Waals surface area contributed by atoms with Crippen molar-refractivity contribution in [2.45, 2.75) is 19.4 Å². The molecule has 3 aromatic rings. The molecule has 0 bridgehead atoms. The van der Waals surface area contributed by atoms with Crippen molar-refractivity contribution in [2.24, 2.45) is 0 Å². The maximum atomic E-state index is 13.2. The molecule has 0 atom stereocenters. The minimum Gasteiger partial charge on any atom is -0.496 e. The van der Waals surface area contributed by atoms with Gasteiger partial charge in [0.15, 0.2) is 16.9 Å². The van der Waals surface area contributed by atoms with Crippen molar-refractivity contribution in [3.63, 3.8) is 0 Å². The number of para-hydroxylation sites is 1. The van der Waals surface area contributed by atoms with Crippen molar-refractivity contribution in [2.75, 3.05) is 21.3 Å². The summed E-state index contributed by atoms with van der Waals surface area (Å²) in [5, 5.41) is 9.72. The lowest BCUT2D eigenvalue weighted by Crippen LogP contribution is -2.18. The van der Waals surface area contributed by atoms with Gasteiger partial charge in [-0.15, -0.1) is 0 Å². The Balaban J connectivity index is 2.49. The molecule has 0 spiro atoms. The van der Waals surface area contributed by atoms with Crippen molar-refractivity contribution < 1.29 is 28.8 Å². The van der Waals surface area contributed by atoms with E-state index in [0.29, 0.717) is 33.8 Å². The standard InChI is InChI=1S/C21H22O7/c1-21(2,28-23)10-9-12-15(25-4)11-16(26-5)17-18(22)13-7-6-8-14(24-3)19(13)27-20(12)17/h6-11,23H,1-5H3/b10-9+. The van der Waals surface area contributed by atoms with E-state index < -0.39 is 5.60 Å². The fraction of sp³-hybridized carbons (Fsp3) is 0.286. The second kappa shape index (κ2) is 7.53. The summed E-state index contributed by atoms with van der Waals surface area (Å²) >= 11 is 0. The summed E-state index contributed by atoms with van der Waals surface area (Å²) in [7, 11) is 4.49. The fourth-order valence-electron chi connectivity index (χ4n) is 2.95. The van der Waals surface area contributed by atoms with Gasteiger partial charge >= 0.3 is 0 Å². The normalized spacial score (nSPS) is 12.1. The molecule has 0 radical (unpaired) electrons. The molecule has 7 nitrogen and oxygen atoms in total. The van der Waals surface area contributed by atoms with E-state index in [-0.39, 0.29) is 16.4 Å². The Morgan fingerprint density at radius 2 is 1.68 bits per heavy atom. The molecule has 1 heterocycles. The molecule has 0 aliphatic heterocycles. The molecule has 1 aromatic heterocycles. The quantitative estimate of drug-likeness (QED) is 0.385. The Bertz CT molecular complexity index is 1110. The molecule has 0 unspecified atom stereocenters. The SMILES string of the molecule is COc1cc(OC)c2c(=O)c3cccc(OC)c3oc2c1/C=C/C(C)(C)OO. The van der Waals surface area contributed by atoms with Gasteiger partial charge in [-0.1, -0.05) is 6.07 Å². The van der Waals surface area contributed by atoms with Gasteiger partial charge in [-0.2, -0.15) is 0 Å². The smallest absolute Gasteiger partial charge is 0.204 e. The van der Waals surface area contributed by atoms with E-state index in [1.807, 2.05) is 0 Å². The van der Waals surface area contributed by atoms with Crippen LogP contribution in [0.3, 0.4) is 0 Å². The van der Waals surface area contributed by atoms with E-state index in [1.165, 1.54) is 21.3 Å². The Kier molecular flexibility index (Phi) is 5.31. The molecule has 2 aromatic carbocycles. The minimum atomic E-state index is -0.952. The molecule has 1 N–H and O–H groups in total. The highest BCUT2D eigenvalue weighted by molar-refractivity contribution is 6.00. The maximum absolute atomic E-state index is 13.2. The Hall–Kier alpha value is -3.03. The van der Waals surface area contributed by atoms with E-state index in [1.54, 1.807) is 50.3 Å². The van der Waals surface area contributed by atoms with E-state index in [9.17, 15) is 4.79 Å². The van der Waals surface area contributed by atoms with Crippen LogP contribution in [0.2, 0.25) is 0 Å². The molecule has 0 saturated heterocycles. The summed E-state index contributed by atoms with van der Waals surface area (Å²) in [5.41, 5.74) is -0.0878. The molecule has 0 saturated carbocycles. The average molecular weight is 386 g/mol. The zero-order chi connectivity index (χ0) is 20.5. The van der Waals surface area contributed by atoms with E-state index in [0.717, 1.165) is 0 Å². The Morgan fingerprint density at radius 1 is 1.00 bits per heavy atom. The molecule has 0 aliphatic rings. The average Bonchev–Trinajstić information content (AvgIpc) is 2.71. The summed E-state index contributed by atoms with van der Waals surface area (Å²) in [6, 6.07) is 6.73. The predicted octanol–water partition coefficient (Wildman–Crippen LogP) is 4.25. The van der Waals surface area contributed by atoms with E-state index in [4.69, 9.17) is 23.9 Å². The van der Waals surface area contributed by atoms with E-state index in [2.05, 4.69) is 4.89 Å². The highest BCUT2D eigenvalue weighted by Gasteiger charge is 2.22. The van der Waals surface area contributed by atoms with Crippen molar-refractivity contribution in [1.82, 2.24) is 0 Å². The monoisotopic (exact) mass is 386 g/mol. The van der Waals surface area contributed by atoms with Gasteiger partial charge in [-0.3, -0.25) is 10.1 Å². The van der Waals surface area contributed by atoms with Crippen LogP contribution in [0.25, 0.3) is 28.0 Å². The third-order valence-corrected chi connectivity index (χ3v) is 4.45. The molecular weight excluding hydrogens is 364 g/mol. The molecule has 148 valence electrons. The molecule has 28 heavy (non-hydrogen) atoms. The molecule has 0 aliphatic carbocycles. The van der Waals surface area contributed by atoms with Crippen LogP contribution in [0, 0.1) is 0 Å². The van der Waals surface area contributed by atoms with Gasteiger partial charge in [0, 0.05) is 6.07 Å². The largest absolute Gasteiger partial charge is 0.496 e. The van der Waals surface area contributed by atoms with Crippen LogP contribution in [0.15, 0.2) is 39.6 Å². The van der Waals surface area contributed by atoms with Crippen LogP contribution < -0.4 is 19.6 Å². The molecular formula is C21H22O7. The third kappa shape index (κ3) is 3.30. The Morgan fingerprint density at radius 3 is 2.29 bits per heavy atom. The first kappa shape index (κ1) is 19.7. The third-order valence-electron chi connectivity index (χ3n) is 4.45. The van der Waals surface area contributed by atoms with Crippen LogP contribution >= 0.6 is 0 Å². The van der Waals surface area contributed by atoms with Gasteiger partial charge in [-0.05, 0) is 38.1 Å². The molecule has 3 rings (SSSR count). The van der Waals surface area contributed by atoms with Gasteiger partial charge in [-0.25, -0.2) is 4.89 Å². The topological polar surface area (TPSA) is 87.4 Å². The first-order chi connectivity index (χ1) is 13.4. The molecule has 0 fully saturated rings. The lowest BCUT2D eigenvalue weighted by atomic mass is 10.0. The Labute approximate surface area is 161 Å². The van der Waals surface area contributed by atoms with E-state index >= 15 is 0 Å². The minimum absolute atomic E-state index is 0.248. The number of fused-ring (bicyclic) bond motifs is 2. The zero-order valence-corrected chi connectivity index (χ0v) is 16.4. The second-order valence-corrected chi connectivity index (χ2v) is 6.70. The summed E-state index contributed by atoms with van der Waals surface area (Å²) < 4.78 is 22.4. The lowest BCUT2D eigenvalue weighted by Gasteiger charge is -2.16. The predicted molar refractivity (Wildman–Crippen MR) is 106 cm³/mol. The highest BCUT2D eigenvalue weighted by atomic mass is 17.1. The van der Waals surface area contributed by atoms with Crippen molar-refractivity contribution in [3.8, 4) is 17.2 Å². The van der Waals surface area contributed by atoms with Crippen LogP contribution in [0.4, 0.5) is 0 Å². The van der Waals surface area contributed by atoms with Crippen molar-refractivity contribution >= 4 is 28.0 Å². The fourth-order valence-corrected chi connectivity index (χ4v) is 2.95. The van der Waals surface area contributed by atoms with Crippen molar-refractivity contribution in [1.29, 1.82) is 0 Å². The number of ether oxygens (including phenoxy) is 3. The van der Waals surface area contributed by atoms with Gasteiger partial charge < -0.3 is 18.6 Å². The van der Waals surface area contributed by atoms with Crippen LogP contribution in [-0.2, 0) is 4.89 Å². The van der Waals surface area contributed by atoms with Crippen molar-refractivity contribution in [3.05, 3.63) is 46.1 Å². The van der Waals surface area contributed by atoms with Gasteiger partial charge in [0.05, 0.1) is 32.3 Å². The van der Waals surface area contributed by atoms with Gasteiger partial charge in [0.1, 0.15) is 22.5 Å². The number of benzene rings is 2. The first-order valence-electron chi connectivity index (χ1n) is 8.57. The summed E-state index contributed by atoms with van der Waals surface area (Å²) in [4.78, 5) is 17.7. The summed E-state index contributed by atoms with van der Waals surface area (Å²) in [6.45, 7) is 3.35. The second-order valence-electron chi connectivity index (χ2n) is 6.70.